The minimum absolute atomic E-state index is 0.0273. The summed E-state index contributed by atoms with van der Waals surface area (Å²) in [5.74, 6) is -0.426. The van der Waals surface area contributed by atoms with Gasteiger partial charge in [-0.3, -0.25) is 9.59 Å². The average molecular weight is 388 g/mol. The normalized spacial score (nSPS) is 26.5. The van der Waals surface area contributed by atoms with Crippen molar-refractivity contribution in [2.45, 2.75) is 57.2 Å². The SMILES string of the molecule is O=C(O)C1CCO[C@H]1C1CCN(C(=O)c2ccc(OC3CCCC3)nc2)CC1. The Bertz CT molecular complexity index is 693. The zero-order chi connectivity index (χ0) is 19.5. The van der Waals surface area contributed by atoms with E-state index in [-0.39, 0.29) is 24.0 Å². The molecule has 2 saturated heterocycles. The Kier molecular flexibility index (Phi) is 5.80. The van der Waals surface area contributed by atoms with Crippen LogP contribution in [0.25, 0.3) is 0 Å². The predicted octanol–water partition coefficient (Wildman–Crippen LogP) is 2.74. The van der Waals surface area contributed by atoms with Crippen molar-refractivity contribution < 1.29 is 24.2 Å². The van der Waals surface area contributed by atoms with Crippen molar-refractivity contribution in [2.24, 2.45) is 11.8 Å². The van der Waals surface area contributed by atoms with E-state index >= 15 is 0 Å². The van der Waals surface area contributed by atoms with Crippen molar-refractivity contribution in [1.82, 2.24) is 9.88 Å². The summed E-state index contributed by atoms with van der Waals surface area (Å²) in [5, 5.41) is 9.35. The van der Waals surface area contributed by atoms with Gasteiger partial charge in [0.15, 0.2) is 0 Å². The van der Waals surface area contributed by atoms with Gasteiger partial charge >= 0.3 is 5.97 Å². The second-order valence-electron chi connectivity index (χ2n) is 8.11. The Morgan fingerprint density at radius 2 is 1.86 bits per heavy atom. The molecule has 28 heavy (non-hydrogen) atoms. The third kappa shape index (κ3) is 4.14. The van der Waals surface area contributed by atoms with Gasteiger partial charge in [0.05, 0.1) is 17.6 Å². The summed E-state index contributed by atoms with van der Waals surface area (Å²) in [6.45, 7) is 1.76. The van der Waals surface area contributed by atoms with Gasteiger partial charge in [-0.1, -0.05) is 0 Å². The Hall–Kier alpha value is -2.15. The fraction of sp³-hybridized carbons (Fsp3) is 0.667. The summed E-state index contributed by atoms with van der Waals surface area (Å²) in [5.41, 5.74) is 0.567. The number of nitrogens with zero attached hydrogens (tertiary/aromatic N) is 2. The summed E-state index contributed by atoms with van der Waals surface area (Å²) in [6.07, 6.45) is 8.32. The van der Waals surface area contributed by atoms with E-state index in [0.717, 1.165) is 25.7 Å². The molecule has 3 heterocycles. The van der Waals surface area contributed by atoms with Crippen LogP contribution in [0.1, 0.15) is 55.3 Å². The second-order valence-corrected chi connectivity index (χ2v) is 8.11. The number of ether oxygens (including phenoxy) is 2. The first-order valence-corrected chi connectivity index (χ1v) is 10.4. The molecule has 1 aromatic rings. The van der Waals surface area contributed by atoms with Gasteiger partial charge in [0.1, 0.15) is 6.10 Å². The van der Waals surface area contributed by atoms with Gasteiger partial charge < -0.3 is 19.5 Å². The standard InChI is InChI=1S/C21H28N2O5/c24-20(15-5-6-18(22-13-15)28-16-3-1-2-4-16)23-10-7-14(8-11-23)19-17(21(25)26)9-12-27-19/h5-6,13-14,16-17,19H,1-4,7-12H2,(H,25,26)/t17?,19-/m0/s1. The van der Waals surface area contributed by atoms with Crippen molar-refractivity contribution in [3.63, 3.8) is 0 Å². The first-order valence-electron chi connectivity index (χ1n) is 10.4. The predicted molar refractivity (Wildman–Crippen MR) is 101 cm³/mol. The molecule has 152 valence electrons. The fourth-order valence-corrected chi connectivity index (χ4v) is 4.71. The number of pyridine rings is 1. The summed E-state index contributed by atoms with van der Waals surface area (Å²) < 4.78 is 11.6. The van der Waals surface area contributed by atoms with Crippen LogP contribution in [0.2, 0.25) is 0 Å². The quantitative estimate of drug-likeness (QED) is 0.834. The molecule has 0 bridgehead atoms. The number of carbonyl (C=O) groups excluding carboxylic acids is 1. The molecule has 0 radical (unpaired) electrons. The van der Waals surface area contributed by atoms with E-state index < -0.39 is 11.9 Å². The lowest BCUT2D eigenvalue weighted by atomic mass is 9.84. The summed E-state index contributed by atoms with van der Waals surface area (Å²) >= 11 is 0. The van der Waals surface area contributed by atoms with Crippen molar-refractivity contribution in [3.05, 3.63) is 23.9 Å². The number of rotatable bonds is 5. The van der Waals surface area contributed by atoms with E-state index in [9.17, 15) is 14.7 Å². The van der Waals surface area contributed by atoms with Gasteiger partial charge in [-0.15, -0.1) is 0 Å². The zero-order valence-corrected chi connectivity index (χ0v) is 16.1. The minimum atomic E-state index is -0.771. The van der Waals surface area contributed by atoms with Gasteiger partial charge in [0.2, 0.25) is 5.88 Å². The number of carboxylic acids is 1. The molecule has 3 aliphatic rings. The van der Waals surface area contributed by atoms with Crippen LogP contribution in [0.15, 0.2) is 18.3 Å². The van der Waals surface area contributed by atoms with E-state index in [1.807, 2.05) is 4.90 Å². The molecular weight excluding hydrogens is 360 g/mol. The van der Waals surface area contributed by atoms with Gasteiger partial charge in [-0.05, 0) is 56.9 Å². The molecule has 7 nitrogen and oxygen atoms in total. The Labute approximate surface area is 165 Å². The van der Waals surface area contributed by atoms with Gasteiger partial charge in [0, 0.05) is 32.0 Å². The number of piperidine rings is 1. The van der Waals surface area contributed by atoms with E-state index in [1.165, 1.54) is 12.8 Å². The smallest absolute Gasteiger partial charge is 0.309 e. The molecule has 2 atom stereocenters. The minimum Gasteiger partial charge on any atom is -0.481 e. The first-order chi connectivity index (χ1) is 13.6. The van der Waals surface area contributed by atoms with Crippen molar-refractivity contribution >= 4 is 11.9 Å². The average Bonchev–Trinajstić information content (AvgIpc) is 3.40. The van der Waals surface area contributed by atoms with Crippen LogP contribution in [-0.2, 0) is 9.53 Å². The largest absolute Gasteiger partial charge is 0.481 e. The number of hydrogen-bond acceptors (Lipinski definition) is 5. The summed E-state index contributed by atoms with van der Waals surface area (Å²) in [6, 6.07) is 3.56. The number of aromatic nitrogens is 1. The van der Waals surface area contributed by atoms with Crippen LogP contribution in [0.5, 0.6) is 5.88 Å². The third-order valence-electron chi connectivity index (χ3n) is 6.32. The maximum atomic E-state index is 12.8. The molecular formula is C21H28N2O5. The number of carboxylic acid groups (broad SMARTS) is 1. The molecule has 1 amide bonds. The lowest BCUT2D eigenvalue weighted by Crippen LogP contribution is -2.43. The zero-order valence-electron chi connectivity index (χ0n) is 16.1. The van der Waals surface area contributed by atoms with E-state index in [4.69, 9.17) is 9.47 Å². The van der Waals surface area contributed by atoms with Crippen LogP contribution < -0.4 is 4.74 Å². The van der Waals surface area contributed by atoms with Crippen LogP contribution in [0.3, 0.4) is 0 Å². The highest BCUT2D eigenvalue weighted by Crippen LogP contribution is 2.33. The molecule has 4 rings (SSSR count). The topological polar surface area (TPSA) is 89.0 Å². The van der Waals surface area contributed by atoms with Crippen molar-refractivity contribution in [1.29, 1.82) is 0 Å². The number of amides is 1. The third-order valence-corrected chi connectivity index (χ3v) is 6.32. The van der Waals surface area contributed by atoms with E-state index in [1.54, 1.807) is 18.3 Å². The summed E-state index contributed by atoms with van der Waals surface area (Å²) in [7, 11) is 0. The Morgan fingerprint density at radius 3 is 2.50 bits per heavy atom. The van der Waals surface area contributed by atoms with E-state index in [2.05, 4.69) is 4.98 Å². The van der Waals surface area contributed by atoms with Crippen LogP contribution in [0, 0.1) is 11.8 Å². The lowest BCUT2D eigenvalue weighted by molar-refractivity contribution is -0.145. The second kappa shape index (κ2) is 8.47. The number of carbonyl (C=O) groups is 2. The monoisotopic (exact) mass is 388 g/mol. The highest BCUT2D eigenvalue weighted by Gasteiger charge is 2.40. The van der Waals surface area contributed by atoms with Crippen molar-refractivity contribution in [3.8, 4) is 5.88 Å². The van der Waals surface area contributed by atoms with Crippen LogP contribution >= 0.6 is 0 Å². The molecule has 7 heteroatoms. The Morgan fingerprint density at radius 1 is 1.11 bits per heavy atom. The van der Waals surface area contributed by atoms with Gasteiger partial charge in [-0.2, -0.15) is 0 Å². The van der Waals surface area contributed by atoms with Gasteiger partial charge in [0.25, 0.3) is 5.91 Å². The maximum absolute atomic E-state index is 12.8. The summed E-state index contributed by atoms with van der Waals surface area (Å²) in [4.78, 5) is 30.3. The molecule has 1 aliphatic carbocycles. The molecule has 1 unspecified atom stereocenters. The molecule has 0 aromatic carbocycles. The number of likely N-dealkylation sites (tertiary alicyclic amines) is 1. The molecule has 2 aliphatic heterocycles. The highest BCUT2D eigenvalue weighted by atomic mass is 16.5. The number of hydrogen-bond donors (Lipinski definition) is 1. The molecule has 1 aromatic heterocycles. The number of aliphatic carboxylic acids is 1. The first kappa shape index (κ1) is 19.2. The lowest BCUT2D eigenvalue weighted by Gasteiger charge is -2.35. The van der Waals surface area contributed by atoms with Crippen LogP contribution in [-0.4, -0.2) is 58.8 Å². The van der Waals surface area contributed by atoms with Gasteiger partial charge in [-0.25, -0.2) is 4.98 Å². The molecule has 0 spiro atoms. The molecule has 1 N–H and O–H groups in total. The maximum Gasteiger partial charge on any atom is 0.309 e. The molecule has 3 fully saturated rings. The highest BCUT2D eigenvalue weighted by molar-refractivity contribution is 5.94. The van der Waals surface area contributed by atoms with Crippen molar-refractivity contribution in [2.75, 3.05) is 19.7 Å². The Balaban J connectivity index is 1.30. The van der Waals surface area contributed by atoms with Crippen LogP contribution in [0.4, 0.5) is 0 Å². The molecule has 1 saturated carbocycles. The fourth-order valence-electron chi connectivity index (χ4n) is 4.71. The van der Waals surface area contributed by atoms with E-state index in [0.29, 0.717) is 37.6 Å².